The highest BCUT2D eigenvalue weighted by molar-refractivity contribution is 5.97. The van der Waals surface area contributed by atoms with Crippen LogP contribution in [-0.2, 0) is 9.53 Å². The number of nitriles is 1. The molecule has 0 amide bonds. The Kier molecular flexibility index (Phi) is 4.34. The van der Waals surface area contributed by atoms with Crippen molar-refractivity contribution >= 4 is 17.7 Å². The summed E-state index contributed by atoms with van der Waals surface area (Å²) in [5, 5.41) is 19.6. The lowest BCUT2D eigenvalue weighted by Crippen LogP contribution is -2.04. The topological polar surface area (TPSA) is 98.2 Å². The van der Waals surface area contributed by atoms with E-state index in [1.165, 1.54) is 25.3 Å². The molecule has 0 bridgehead atoms. The standard InChI is InChI=1S/C15H11N3O4/c1-22-15(19)11(10-16)9-14-3-2-8-17(14)12-4-6-13(7-5-12)18(20)21/h2-9H,1H3/b11-9+. The minimum absolute atomic E-state index is 0.0136. The molecule has 7 heteroatoms. The Morgan fingerprint density at radius 1 is 1.36 bits per heavy atom. The summed E-state index contributed by atoms with van der Waals surface area (Å²) in [6.07, 6.45) is 3.12. The van der Waals surface area contributed by atoms with E-state index in [2.05, 4.69) is 4.74 Å². The molecule has 0 fully saturated rings. The minimum atomic E-state index is -0.723. The van der Waals surface area contributed by atoms with Crippen molar-refractivity contribution in [3.63, 3.8) is 0 Å². The third-order valence-corrected chi connectivity index (χ3v) is 2.94. The van der Waals surface area contributed by atoms with Crippen molar-refractivity contribution in [1.82, 2.24) is 4.57 Å². The summed E-state index contributed by atoms with van der Waals surface area (Å²) in [7, 11) is 1.20. The molecule has 0 aliphatic heterocycles. The second-order valence-corrected chi connectivity index (χ2v) is 4.24. The maximum atomic E-state index is 11.4. The van der Waals surface area contributed by atoms with E-state index < -0.39 is 10.9 Å². The first-order chi connectivity index (χ1) is 10.6. The molecule has 0 saturated carbocycles. The smallest absolute Gasteiger partial charge is 0.348 e. The van der Waals surface area contributed by atoms with Gasteiger partial charge in [0.05, 0.1) is 12.0 Å². The van der Waals surface area contributed by atoms with Gasteiger partial charge in [-0.3, -0.25) is 10.1 Å². The number of hydrogen-bond donors (Lipinski definition) is 0. The highest BCUT2D eigenvalue weighted by atomic mass is 16.6. The number of carbonyl (C=O) groups is 1. The van der Waals surface area contributed by atoms with E-state index in [1.807, 2.05) is 0 Å². The number of nitro groups is 1. The van der Waals surface area contributed by atoms with Crippen LogP contribution in [0.15, 0.2) is 48.2 Å². The first-order valence-corrected chi connectivity index (χ1v) is 6.19. The molecule has 0 atom stereocenters. The quantitative estimate of drug-likeness (QED) is 0.284. The van der Waals surface area contributed by atoms with Gasteiger partial charge >= 0.3 is 5.97 Å². The molecule has 0 aliphatic rings. The fourth-order valence-corrected chi connectivity index (χ4v) is 1.88. The van der Waals surface area contributed by atoms with Crippen molar-refractivity contribution in [1.29, 1.82) is 5.26 Å². The second-order valence-electron chi connectivity index (χ2n) is 4.24. The van der Waals surface area contributed by atoms with Crippen LogP contribution in [0.2, 0.25) is 0 Å². The predicted octanol–water partition coefficient (Wildman–Crippen LogP) is 2.47. The second kappa shape index (κ2) is 6.37. The van der Waals surface area contributed by atoms with Gasteiger partial charge in [0.15, 0.2) is 0 Å². The summed E-state index contributed by atoms with van der Waals surface area (Å²) in [6.45, 7) is 0. The number of nitro benzene ring substituents is 1. The van der Waals surface area contributed by atoms with Gasteiger partial charge in [-0.05, 0) is 30.3 Å². The Morgan fingerprint density at radius 2 is 2.05 bits per heavy atom. The molecule has 22 heavy (non-hydrogen) atoms. The Hall–Kier alpha value is -3.40. The molecule has 0 unspecified atom stereocenters. The number of esters is 1. The predicted molar refractivity (Wildman–Crippen MR) is 78.0 cm³/mol. The Morgan fingerprint density at radius 3 is 2.59 bits per heavy atom. The van der Waals surface area contributed by atoms with Gasteiger partial charge in [0.1, 0.15) is 11.6 Å². The molecule has 0 N–H and O–H groups in total. The average molecular weight is 297 g/mol. The molecule has 0 radical (unpaired) electrons. The lowest BCUT2D eigenvalue weighted by molar-refractivity contribution is -0.384. The molecule has 0 saturated heterocycles. The van der Waals surface area contributed by atoms with E-state index in [0.29, 0.717) is 11.4 Å². The van der Waals surface area contributed by atoms with E-state index in [-0.39, 0.29) is 11.3 Å². The summed E-state index contributed by atoms with van der Waals surface area (Å²) >= 11 is 0. The SMILES string of the molecule is COC(=O)/C(C#N)=C/c1cccn1-c1ccc([N+](=O)[O-])cc1. The van der Waals surface area contributed by atoms with Crippen LogP contribution in [0.1, 0.15) is 5.69 Å². The van der Waals surface area contributed by atoms with Crippen LogP contribution < -0.4 is 0 Å². The van der Waals surface area contributed by atoms with Gasteiger partial charge in [0.25, 0.3) is 5.69 Å². The summed E-state index contributed by atoms with van der Waals surface area (Å²) < 4.78 is 6.22. The van der Waals surface area contributed by atoms with Crippen molar-refractivity contribution in [3.05, 3.63) is 64.0 Å². The van der Waals surface area contributed by atoms with Gasteiger partial charge in [-0.2, -0.15) is 5.26 Å². The monoisotopic (exact) mass is 297 g/mol. The van der Waals surface area contributed by atoms with Crippen LogP contribution in [0, 0.1) is 21.4 Å². The van der Waals surface area contributed by atoms with Crippen LogP contribution in [0.5, 0.6) is 0 Å². The molecule has 110 valence electrons. The van der Waals surface area contributed by atoms with Gasteiger partial charge in [-0.1, -0.05) is 0 Å². The highest BCUT2D eigenvalue weighted by Gasteiger charge is 2.11. The summed E-state index contributed by atoms with van der Waals surface area (Å²) in [4.78, 5) is 21.6. The van der Waals surface area contributed by atoms with Crippen LogP contribution in [0.4, 0.5) is 5.69 Å². The maximum Gasteiger partial charge on any atom is 0.348 e. The number of non-ortho nitro benzene ring substituents is 1. The number of carbonyl (C=O) groups excluding carboxylic acids is 1. The molecular formula is C15H11N3O4. The van der Waals surface area contributed by atoms with Crippen molar-refractivity contribution < 1.29 is 14.5 Å². The van der Waals surface area contributed by atoms with E-state index in [9.17, 15) is 14.9 Å². The number of rotatable bonds is 4. The number of benzene rings is 1. The maximum absolute atomic E-state index is 11.4. The van der Waals surface area contributed by atoms with Crippen LogP contribution in [0.25, 0.3) is 11.8 Å². The number of hydrogen-bond acceptors (Lipinski definition) is 5. The first kappa shape index (κ1) is 15.0. The third kappa shape index (κ3) is 3.02. The molecule has 7 nitrogen and oxygen atoms in total. The summed E-state index contributed by atoms with van der Waals surface area (Å²) in [6, 6.07) is 11.2. The number of nitrogens with zero attached hydrogens (tertiary/aromatic N) is 3. The van der Waals surface area contributed by atoms with Gasteiger partial charge < -0.3 is 9.30 Å². The zero-order valence-electron chi connectivity index (χ0n) is 11.6. The normalized spacial score (nSPS) is 10.8. The molecule has 1 aromatic heterocycles. The number of methoxy groups -OCH3 is 1. The van der Waals surface area contributed by atoms with Gasteiger partial charge in [-0.25, -0.2) is 4.79 Å². The molecular weight excluding hydrogens is 286 g/mol. The fraction of sp³-hybridized carbons (Fsp3) is 0.0667. The van der Waals surface area contributed by atoms with Gasteiger partial charge in [-0.15, -0.1) is 0 Å². The zero-order valence-corrected chi connectivity index (χ0v) is 11.6. The third-order valence-electron chi connectivity index (χ3n) is 2.94. The summed E-state index contributed by atoms with van der Waals surface area (Å²) in [5.41, 5.74) is 1.10. The summed E-state index contributed by atoms with van der Waals surface area (Å²) in [5.74, 6) is -0.723. The molecule has 1 heterocycles. The van der Waals surface area contributed by atoms with Crippen molar-refractivity contribution in [2.45, 2.75) is 0 Å². The first-order valence-electron chi connectivity index (χ1n) is 6.19. The molecule has 2 aromatic rings. The zero-order chi connectivity index (χ0) is 16.1. The Balaban J connectivity index is 2.41. The van der Waals surface area contributed by atoms with Crippen molar-refractivity contribution in [3.8, 4) is 11.8 Å². The molecule has 1 aromatic carbocycles. The lowest BCUT2D eigenvalue weighted by atomic mass is 10.2. The van der Waals surface area contributed by atoms with E-state index in [0.717, 1.165) is 0 Å². The molecule has 2 rings (SSSR count). The highest BCUT2D eigenvalue weighted by Crippen LogP contribution is 2.19. The van der Waals surface area contributed by atoms with Crippen LogP contribution >= 0.6 is 0 Å². The van der Waals surface area contributed by atoms with Crippen LogP contribution in [-0.4, -0.2) is 22.6 Å². The molecule has 0 spiro atoms. The molecule has 0 aliphatic carbocycles. The van der Waals surface area contributed by atoms with Crippen molar-refractivity contribution in [2.75, 3.05) is 7.11 Å². The lowest BCUT2D eigenvalue weighted by Gasteiger charge is -2.06. The number of aromatic nitrogens is 1. The van der Waals surface area contributed by atoms with Crippen LogP contribution in [0.3, 0.4) is 0 Å². The fourth-order valence-electron chi connectivity index (χ4n) is 1.88. The minimum Gasteiger partial charge on any atom is -0.465 e. The Bertz CT molecular complexity index is 782. The van der Waals surface area contributed by atoms with E-state index in [1.54, 1.807) is 41.1 Å². The largest absolute Gasteiger partial charge is 0.465 e. The Labute approximate surface area is 125 Å². The number of ether oxygens (including phenoxy) is 1. The average Bonchev–Trinajstić information content (AvgIpc) is 3.00. The van der Waals surface area contributed by atoms with Crippen molar-refractivity contribution in [2.24, 2.45) is 0 Å². The van der Waals surface area contributed by atoms with Gasteiger partial charge in [0, 0.05) is 29.7 Å². The van der Waals surface area contributed by atoms with E-state index in [4.69, 9.17) is 5.26 Å². The van der Waals surface area contributed by atoms with Gasteiger partial charge in [0.2, 0.25) is 0 Å². The van der Waals surface area contributed by atoms with E-state index >= 15 is 0 Å².